The van der Waals surface area contributed by atoms with Gasteiger partial charge >= 0.3 is 0 Å². The Kier molecular flexibility index (Phi) is 3.47. The second-order valence-electron chi connectivity index (χ2n) is 3.35. The number of benzene rings is 1. The average molecular weight is 227 g/mol. The van der Waals surface area contributed by atoms with Crippen LogP contribution in [0, 0.1) is 6.20 Å². The number of carbonyl (C=O) groups is 1. The largest absolute Gasteiger partial charge is 0.277 e. The van der Waals surface area contributed by atoms with Crippen molar-refractivity contribution < 1.29 is 9.63 Å². The molecule has 4 heteroatoms. The van der Waals surface area contributed by atoms with Gasteiger partial charge in [-0.05, 0) is 11.6 Å². The Morgan fingerprint density at radius 3 is 2.76 bits per heavy atom. The summed E-state index contributed by atoms with van der Waals surface area (Å²) in [6.07, 6.45) is 4.35. The van der Waals surface area contributed by atoms with Crippen LogP contribution in [0.3, 0.4) is 0 Å². The average Bonchev–Trinajstić information content (AvgIpc) is 2.40. The molecule has 1 heterocycles. The first-order valence-corrected chi connectivity index (χ1v) is 5.08. The SMILES string of the molecule is CONC(=O)c1ccn[c]c1-c1ccccc1. The van der Waals surface area contributed by atoms with Gasteiger partial charge in [0.15, 0.2) is 0 Å². The number of amides is 1. The summed E-state index contributed by atoms with van der Waals surface area (Å²) in [6, 6.07) is 11.1. The van der Waals surface area contributed by atoms with E-state index in [4.69, 9.17) is 0 Å². The van der Waals surface area contributed by atoms with Crippen molar-refractivity contribution in [3.8, 4) is 11.1 Å². The number of hydrogen-bond donors (Lipinski definition) is 1. The number of carbonyl (C=O) groups excluding carboxylic acids is 1. The lowest BCUT2D eigenvalue weighted by Gasteiger charge is -2.07. The summed E-state index contributed by atoms with van der Waals surface area (Å²) < 4.78 is 0. The minimum atomic E-state index is -0.315. The van der Waals surface area contributed by atoms with Gasteiger partial charge in [0.2, 0.25) is 0 Å². The molecule has 0 saturated carbocycles. The molecule has 1 radical (unpaired) electrons. The first-order chi connectivity index (χ1) is 8.33. The van der Waals surface area contributed by atoms with Crippen LogP contribution in [0.1, 0.15) is 10.4 Å². The Bertz CT molecular complexity index is 512. The third-order valence-electron chi connectivity index (χ3n) is 2.26. The lowest BCUT2D eigenvalue weighted by Crippen LogP contribution is -2.22. The van der Waals surface area contributed by atoms with E-state index in [1.807, 2.05) is 30.3 Å². The fraction of sp³-hybridized carbons (Fsp3) is 0.0769. The van der Waals surface area contributed by atoms with E-state index in [2.05, 4.69) is 21.5 Å². The first kappa shape index (κ1) is 11.3. The molecule has 17 heavy (non-hydrogen) atoms. The molecular formula is C13H11N2O2. The molecule has 1 aromatic heterocycles. The van der Waals surface area contributed by atoms with Gasteiger partial charge in [0.1, 0.15) is 0 Å². The Morgan fingerprint density at radius 2 is 2.06 bits per heavy atom. The van der Waals surface area contributed by atoms with Crippen LogP contribution >= 0.6 is 0 Å². The van der Waals surface area contributed by atoms with E-state index in [0.717, 1.165) is 5.56 Å². The molecule has 0 aliphatic heterocycles. The second kappa shape index (κ2) is 5.23. The maximum absolute atomic E-state index is 11.8. The summed E-state index contributed by atoms with van der Waals surface area (Å²) in [7, 11) is 1.39. The molecule has 4 nitrogen and oxygen atoms in total. The predicted molar refractivity (Wildman–Crippen MR) is 63.0 cm³/mol. The molecule has 0 atom stereocenters. The van der Waals surface area contributed by atoms with Gasteiger partial charge in [-0.2, -0.15) is 0 Å². The molecule has 1 N–H and O–H groups in total. The Balaban J connectivity index is 2.45. The van der Waals surface area contributed by atoms with E-state index in [1.54, 1.807) is 6.07 Å². The molecule has 0 unspecified atom stereocenters. The fourth-order valence-electron chi connectivity index (χ4n) is 1.52. The molecular weight excluding hydrogens is 216 g/mol. The molecule has 2 rings (SSSR count). The standard InChI is InChI=1S/C13H11N2O2/c1-17-15-13(16)11-7-8-14-9-12(11)10-5-3-2-4-6-10/h2-8H,1H3,(H,15,16). The molecule has 0 aliphatic rings. The van der Waals surface area contributed by atoms with Crippen molar-refractivity contribution in [2.45, 2.75) is 0 Å². The van der Waals surface area contributed by atoms with Crippen LogP contribution < -0.4 is 5.48 Å². The number of hydroxylamine groups is 1. The highest BCUT2D eigenvalue weighted by atomic mass is 16.6. The van der Waals surface area contributed by atoms with Crippen LogP contribution in [0.2, 0.25) is 0 Å². The number of rotatable bonds is 3. The van der Waals surface area contributed by atoms with Gasteiger partial charge in [0.05, 0.1) is 18.9 Å². The van der Waals surface area contributed by atoms with Gasteiger partial charge in [0.25, 0.3) is 5.91 Å². The number of pyridine rings is 1. The summed E-state index contributed by atoms with van der Waals surface area (Å²) in [4.78, 5) is 20.3. The van der Waals surface area contributed by atoms with Crippen molar-refractivity contribution in [2.75, 3.05) is 7.11 Å². The monoisotopic (exact) mass is 227 g/mol. The summed E-state index contributed by atoms with van der Waals surface area (Å²) in [6.45, 7) is 0. The molecule has 0 bridgehead atoms. The van der Waals surface area contributed by atoms with Gasteiger partial charge in [-0.3, -0.25) is 14.6 Å². The van der Waals surface area contributed by atoms with E-state index in [1.165, 1.54) is 13.3 Å². The first-order valence-electron chi connectivity index (χ1n) is 5.08. The zero-order chi connectivity index (χ0) is 12.1. The molecule has 1 aromatic carbocycles. The Morgan fingerprint density at radius 1 is 1.29 bits per heavy atom. The molecule has 0 fully saturated rings. The van der Waals surface area contributed by atoms with Crippen molar-refractivity contribution in [1.82, 2.24) is 10.5 Å². The minimum absolute atomic E-state index is 0.315. The van der Waals surface area contributed by atoms with Crippen LogP contribution in [-0.4, -0.2) is 18.0 Å². The zero-order valence-electron chi connectivity index (χ0n) is 9.31. The molecule has 85 valence electrons. The molecule has 2 aromatic rings. The van der Waals surface area contributed by atoms with E-state index >= 15 is 0 Å². The third-order valence-corrected chi connectivity index (χ3v) is 2.26. The second-order valence-corrected chi connectivity index (χ2v) is 3.35. The van der Waals surface area contributed by atoms with Crippen LogP contribution in [0.15, 0.2) is 42.6 Å². The number of hydrogen-bond acceptors (Lipinski definition) is 3. The Labute approximate surface area is 99.2 Å². The third kappa shape index (κ3) is 2.49. The predicted octanol–water partition coefficient (Wildman–Crippen LogP) is 1.84. The molecule has 0 saturated heterocycles. The van der Waals surface area contributed by atoms with Crippen LogP contribution in [0.25, 0.3) is 11.1 Å². The van der Waals surface area contributed by atoms with E-state index in [-0.39, 0.29) is 5.91 Å². The van der Waals surface area contributed by atoms with E-state index in [9.17, 15) is 4.79 Å². The van der Waals surface area contributed by atoms with Crippen LogP contribution in [-0.2, 0) is 4.84 Å². The smallest absolute Gasteiger partial charge is 0.275 e. The van der Waals surface area contributed by atoms with Crippen molar-refractivity contribution in [3.05, 3.63) is 54.4 Å². The van der Waals surface area contributed by atoms with Gasteiger partial charge in [0, 0.05) is 11.8 Å². The van der Waals surface area contributed by atoms with Crippen molar-refractivity contribution in [2.24, 2.45) is 0 Å². The summed E-state index contributed by atoms with van der Waals surface area (Å²) in [5.74, 6) is -0.315. The van der Waals surface area contributed by atoms with Gasteiger partial charge in [-0.15, -0.1) is 0 Å². The van der Waals surface area contributed by atoms with Gasteiger partial charge in [-0.1, -0.05) is 30.3 Å². The molecule has 1 amide bonds. The molecule has 0 spiro atoms. The fourth-order valence-corrected chi connectivity index (χ4v) is 1.52. The summed E-state index contributed by atoms with van der Waals surface area (Å²) in [5, 5.41) is 0. The van der Waals surface area contributed by atoms with E-state index < -0.39 is 0 Å². The lowest BCUT2D eigenvalue weighted by atomic mass is 10.0. The minimum Gasteiger partial charge on any atom is -0.277 e. The maximum Gasteiger partial charge on any atom is 0.275 e. The van der Waals surface area contributed by atoms with Crippen molar-refractivity contribution in [1.29, 1.82) is 0 Å². The molecule has 0 aliphatic carbocycles. The quantitative estimate of drug-likeness (QED) is 0.814. The number of aromatic nitrogens is 1. The highest BCUT2D eigenvalue weighted by Crippen LogP contribution is 2.21. The highest BCUT2D eigenvalue weighted by Gasteiger charge is 2.12. The van der Waals surface area contributed by atoms with Crippen LogP contribution in [0.5, 0.6) is 0 Å². The highest BCUT2D eigenvalue weighted by molar-refractivity contribution is 5.99. The number of nitrogens with one attached hydrogen (secondary N) is 1. The summed E-state index contributed by atoms with van der Waals surface area (Å²) in [5.41, 5.74) is 4.31. The Hall–Kier alpha value is -2.20. The lowest BCUT2D eigenvalue weighted by molar-refractivity contribution is 0.0538. The van der Waals surface area contributed by atoms with Crippen LogP contribution in [0.4, 0.5) is 0 Å². The van der Waals surface area contributed by atoms with E-state index in [0.29, 0.717) is 11.1 Å². The maximum atomic E-state index is 11.8. The van der Waals surface area contributed by atoms with Crippen molar-refractivity contribution in [3.63, 3.8) is 0 Å². The van der Waals surface area contributed by atoms with Gasteiger partial charge < -0.3 is 0 Å². The van der Waals surface area contributed by atoms with Gasteiger partial charge in [-0.25, -0.2) is 5.48 Å². The number of nitrogens with zero attached hydrogens (tertiary/aromatic N) is 1. The normalized spacial score (nSPS) is 9.94. The zero-order valence-corrected chi connectivity index (χ0v) is 9.31. The topological polar surface area (TPSA) is 51.2 Å². The summed E-state index contributed by atoms with van der Waals surface area (Å²) >= 11 is 0. The van der Waals surface area contributed by atoms with Crippen molar-refractivity contribution >= 4 is 5.91 Å².